The molecule has 0 aliphatic carbocycles. The zero-order chi connectivity index (χ0) is 11.0. The topological polar surface area (TPSA) is 75.4 Å². The van der Waals surface area contributed by atoms with Crippen molar-refractivity contribution in [3.63, 3.8) is 0 Å². The Kier molecular flexibility index (Phi) is 6.81. The molecule has 0 saturated carbocycles. The van der Waals surface area contributed by atoms with Gasteiger partial charge >= 0.3 is 0 Å². The summed E-state index contributed by atoms with van der Waals surface area (Å²) in [7, 11) is 0. The lowest BCUT2D eigenvalue weighted by Crippen LogP contribution is -2.43. The molecule has 0 rings (SSSR count). The van der Waals surface area contributed by atoms with Gasteiger partial charge in [-0.3, -0.25) is 4.79 Å². The van der Waals surface area contributed by atoms with Gasteiger partial charge in [0.15, 0.2) is 0 Å². The van der Waals surface area contributed by atoms with Crippen LogP contribution in [0.15, 0.2) is 0 Å². The number of nitrogens with one attached hydrogen (secondary N) is 1. The van der Waals surface area contributed by atoms with Crippen LogP contribution in [0.1, 0.15) is 26.2 Å². The lowest BCUT2D eigenvalue weighted by atomic mass is 10.2. The monoisotopic (exact) mass is 198 g/mol. The fourth-order valence-electron chi connectivity index (χ4n) is 1.00. The van der Waals surface area contributed by atoms with Gasteiger partial charge in [0.2, 0.25) is 5.91 Å². The minimum absolute atomic E-state index is 0.218. The SMILES string of the molecule is C#CCC(N)C(=O)NCC(O)CCC. The van der Waals surface area contributed by atoms with Crippen molar-refractivity contribution in [2.45, 2.75) is 38.3 Å². The van der Waals surface area contributed by atoms with Gasteiger partial charge in [-0.1, -0.05) is 13.3 Å². The van der Waals surface area contributed by atoms with Gasteiger partial charge in [0.05, 0.1) is 12.1 Å². The number of aliphatic hydroxyl groups is 1. The highest BCUT2D eigenvalue weighted by Gasteiger charge is 2.12. The standard InChI is InChI=1S/C10H18N2O2/c1-3-5-8(13)7-12-10(14)9(11)6-4-2/h2,8-9,13H,3,5-7,11H2,1H3,(H,12,14). The van der Waals surface area contributed by atoms with Crippen LogP contribution in [0.2, 0.25) is 0 Å². The van der Waals surface area contributed by atoms with E-state index in [1.807, 2.05) is 6.92 Å². The van der Waals surface area contributed by atoms with Crippen molar-refractivity contribution in [1.29, 1.82) is 0 Å². The molecular weight excluding hydrogens is 180 g/mol. The van der Waals surface area contributed by atoms with Crippen molar-refractivity contribution in [2.75, 3.05) is 6.54 Å². The summed E-state index contributed by atoms with van der Waals surface area (Å²) in [5.41, 5.74) is 5.45. The number of carbonyl (C=O) groups is 1. The van der Waals surface area contributed by atoms with Crippen LogP contribution in [0.4, 0.5) is 0 Å². The van der Waals surface area contributed by atoms with Crippen LogP contribution in [-0.4, -0.2) is 29.7 Å². The third kappa shape index (κ3) is 5.57. The van der Waals surface area contributed by atoms with Gasteiger partial charge in [0.1, 0.15) is 0 Å². The second kappa shape index (κ2) is 7.36. The molecule has 0 aliphatic rings. The molecule has 0 heterocycles. The van der Waals surface area contributed by atoms with Crippen LogP contribution in [0.25, 0.3) is 0 Å². The van der Waals surface area contributed by atoms with E-state index in [1.54, 1.807) is 0 Å². The van der Waals surface area contributed by atoms with Gasteiger partial charge in [-0.15, -0.1) is 12.3 Å². The maximum Gasteiger partial charge on any atom is 0.237 e. The molecule has 2 atom stereocenters. The molecule has 4 N–H and O–H groups in total. The molecule has 0 aromatic heterocycles. The van der Waals surface area contributed by atoms with Crippen LogP contribution < -0.4 is 11.1 Å². The van der Waals surface area contributed by atoms with Crippen LogP contribution >= 0.6 is 0 Å². The molecule has 1 amide bonds. The van der Waals surface area contributed by atoms with E-state index in [0.29, 0.717) is 6.42 Å². The van der Waals surface area contributed by atoms with E-state index in [-0.39, 0.29) is 18.9 Å². The fraction of sp³-hybridized carbons (Fsp3) is 0.700. The lowest BCUT2D eigenvalue weighted by Gasteiger charge is -2.13. The number of amides is 1. The summed E-state index contributed by atoms with van der Waals surface area (Å²) in [5, 5.41) is 11.9. The lowest BCUT2D eigenvalue weighted by molar-refractivity contribution is -0.122. The molecule has 14 heavy (non-hydrogen) atoms. The Balaban J connectivity index is 3.68. The van der Waals surface area contributed by atoms with Crippen molar-refractivity contribution in [3.05, 3.63) is 0 Å². The summed E-state index contributed by atoms with van der Waals surface area (Å²) in [5.74, 6) is 2.01. The normalized spacial score (nSPS) is 14.1. The molecule has 0 aromatic rings. The van der Waals surface area contributed by atoms with Gasteiger partial charge in [0.25, 0.3) is 0 Å². The highest BCUT2D eigenvalue weighted by atomic mass is 16.3. The summed E-state index contributed by atoms with van der Waals surface area (Å²) in [6, 6.07) is -0.672. The summed E-state index contributed by atoms with van der Waals surface area (Å²) in [6.07, 6.45) is 6.28. The predicted molar refractivity (Wildman–Crippen MR) is 55.3 cm³/mol. The van der Waals surface area contributed by atoms with Crippen molar-refractivity contribution >= 4 is 5.91 Å². The number of hydrogen-bond donors (Lipinski definition) is 3. The maximum absolute atomic E-state index is 11.2. The average molecular weight is 198 g/mol. The highest BCUT2D eigenvalue weighted by Crippen LogP contribution is 1.94. The zero-order valence-corrected chi connectivity index (χ0v) is 8.49. The molecule has 0 aromatic carbocycles. The first-order valence-corrected chi connectivity index (χ1v) is 4.76. The van der Waals surface area contributed by atoms with E-state index < -0.39 is 12.1 Å². The summed E-state index contributed by atoms with van der Waals surface area (Å²) in [6.45, 7) is 2.21. The Morgan fingerprint density at radius 2 is 2.36 bits per heavy atom. The van der Waals surface area contributed by atoms with E-state index >= 15 is 0 Å². The minimum atomic E-state index is -0.672. The van der Waals surface area contributed by atoms with Crippen LogP contribution in [-0.2, 0) is 4.79 Å². The van der Waals surface area contributed by atoms with E-state index in [1.165, 1.54) is 0 Å². The van der Waals surface area contributed by atoms with Crippen LogP contribution in [0.5, 0.6) is 0 Å². The zero-order valence-electron chi connectivity index (χ0n) is 8.49. The fourth-order valence-corrected chi connectivity index (χ4v) is 1.00. The Morgan fingerprint density at radius 3 is 2.86 bits per heavy atom. The first kappa shape index (κ1) is 12.9. The molecule has 0 spiro atoms. The number of carbonyl (C=O) groups excluding carboxylic acids is 1. The molecule has 2 unspecified atom stereocenters. The predicted octanol–water partition coefficient (Wildman–Crippen LogP) is -0.386. The molecule has 4 heteroatoms. The van der Waals surface area contributed by atoms with E-state index in [2.05, 4.69) is 11.2 Å². The molecule has 0 radical (unpaired) electrons. The van der Waals surface area contributed by atoms with Crippen molar-refractivity contribution < 1.29 is 9.90 Å². The minimum Gasteiger partial charge on any atom is -0.391 e. The highest BCUT2D eigenvalue weighted by molar-refractivity contribution is 5.81. The average Bonchev–Trinajstić information content (AvgIpc) is 2.15. The second-order valence-corrected chi connectivity index (χ2v) is 3.20. The molecule has 0 bridgehead atoms. The van der Waals surface area contributed by atoms with Gasteiger partial charge in [0, 0.05) is 13.0 Å². The largest absolute Gasteiger partial charge is 0.391 e. The third-order valence-corrected chi connectivity index (χ3v) is 1.81. The quantitative estimate of drug-likeness (QED) is 0.509. The molecule has 4 nitrogen and oxygen atoms in total. The van der Waals surface area contributed by atoms with E-state index in [4.69, 9.17) is 12.2 Å². The van der Waals surface area contributed by atoms with Gasteiger partial charge in [-0.2, -0.15) is 0 Å². The summed E-state index contributed by atoms with van der Waals surface area (Å²) < 4.78 is 0. The summed E-state index contributed by atoms with van der Waals surface area (Å²) >= 11 is 0. The molecule has 0 fully saturated rings. The number of aliphatic hydroxyl groups excluding tert-OH is 1. The van der Waals surface area contributed by atoms with Gasteiger partial charge in [-0.05, 0) is 6.42 Å². The van der Waals surface area contributed by atoms with Crippen molar-refractivity contribution in [1.82, 2.24) is 5.32 Å². The molecule has 0 saturated heterocycles. The Labute approximate surface area is 84.9 Å². The summed E-state index contributed by atoms with van der Waals surface area (Å²) in [4.78, 5) is 11.2. The molecule has 0 aliphatic heterocycles. The number of nitrogens with two attached hydrogens (primary N) is 1. The first-order valence-electron chi connectivity index (χ1n) is 4.76. The second-order valence-electron chi connectivity index (χ2n) is 3.20. The van der Waals surface area contributed by atoms with Gasteiger partial charge in [-0.25, -0.2) is 0 Å². The Hall–Kier alpha value is -1.05. The number of terminal acetylenes is 1. The van der Waals surface area contributed by atoms with E-state index in [9.17, 15) is 9.90 Å². The Morgan fingerprint density at radius 1 is 1.71 bits per heavy atom. The van der Waals surface area contributed by atoms with Gasteiger partial charge < -0.3 is 16.2 Å². The third-order valence-electron chi connectivity index (χ3n) is 1.81. The maximum atomic E-state index is 11.2. The van der Waals surface area contributed by atoms with Crippen molar-refractivity contribution in [2.24, 2.45) is 5.73 Å². The smallest absolute Gasteiger partial charge is 0.237 e. The first-order chi connectivity index (χ1) is 6.61. The van der Waals surface area contributed by atoms with Crippen LogP contribution in [0.3, 0.4) is 0 Å². The van der Waals surface area contributed by atoms with Crippen molar-refractivity contribution in [3.8, 4) is 12.3 Å². The van der Waals surface area contributed by atoms with Crippen LogP contribution in [0, 0.1) is 12.3 Å². The number of rotatable bonds is 6. The number of hydrogen-bond acceptors (Lipinski definition) is 3. The molecular formula is C10H18N2O2. The Bertz CT molecular complexity index is 211. The molecule has 80 valence electrons. The van der Waals surface area contributed by atoms with E-state index in [0.717, 1.165) is 6.42 Å².